The number of carbonyl (C=O) groups is 2. The van der Waals surface area contributed by atoms with Gasteiger partial charge in [0.25, 0.3) is 0 Å². The monoisotopic (exact) mass is 548 g/mol. The Bertz CT molecular complexity index is 1260. The SMILES string of the molecule is COC(=O)c1c(NC(=O)CSc2nnc(CCCOc3ccc(Cl)cc3C)n2C)sc2c1CCCC2. The molecular weight excluding hydrogens is 520 g/mol. The first kappa shape index (κ1) is 26.5. The minimum Gasteiger partial charge on any atom is -0.493 e. The molecular formula is C25H29ClN4O4S2. The van der Waals surface area contributed by atoms with Crippen LogP contribution >= 0.6 is 34.7 Å². The van der Waals surface area contributed by atoms with E-state index in [4.69, 9.17) is 21.1 Å². The number of thiophene rings is 1. The number of aromatic nitrogens is 3. The van der Waals surface area contributed by atoms with E-state index in [0.29, 0.717) is 33.8 Å². The molecule has 1 aliphatic carbocycles. The number of fused-ring (bicyclic) bond motifs is 1. The van der Waals surface area contributed by atoms with Gasteiger partial charge in [-0.25, -0.2) is 4.79 Å². The number of halogens is 1. The maximum atomic E-state index is 12.7. The van der Waals surface area contributed by atoms with Crippen LogP contribution in [-0.4, -0.2) is 46.1 Å². The number of benzene rings is 1. The summed E-state index contributed by atoms with van der Waals surface area (Å²) >= 11 is 8.78. The van der Waals surface area contributed by atoms with Crippen molar-refractivity contribution < 1.29 is 19.1 Å². The standard InChI is InChI=1S/C25H29ClN4O4S2/c1-15-13-16(26)10-11-18(15)34-12-6-9-20-28-29-25(30(20)2)35-14-21(31)27-23-22(24(32)33-3)17-7-4-5-8-19(17)36-23/h10-11,13H,4-9,12,14H2,1-3H3,(H,27,31). The van der Waals surface area contributed by atoms with Crippen LogP contribution in [0.3, 0.4) is 0 Å². The van der Waals surface area contributed by atoms with Crippen molar-refractivity contribution in [3.05, 3.63) is 50.6 Å². The molecule has 0 aliphatic heterocycles. The molecule has 0 saturated carbocycles. The second kappa shape index (κ2) is 12.1. The Kier molecular flexibility index (Phi) is 8.92. The molecule has 1 amide bonds. The van der Waals surface area contributed by atoms with Gasteiger partial charge >= 0.3 is 5.97 Å². The van der Waals surface area contributed by atoms with Gasteiger partial charge in [0.2, 0.25) is 5.91 Å². The molecule has 1 N–H and O–H groups in total. The van der Waals surface area contributed by atoms with Crippen molar-refractivity contribution >= 4 is 51.6 Å². The lowest BCUT2D eigenvalue weighted by atomic mass is 9.95. The number of ether oxygens (including phenoxy) is 2. The molecule has 0 atom stereocenters. The van der Waals surface area contributed by atoms with E-state index in [1.54, 1.807) is 0 Å². The molecule has 1 aliphatic rings. The average molecular weight is 549 g/mol. The number of thioether (sulfide) groups is 1. The van der Waals surface area contributed by atoms with E-state index in [1.807, 2.05) is 36.7 Å². The fourth-order valence-corrected chi connectivity index (χ4v) is 6.39. The van der Waals surface area contributed by atoms with E-state index >= 15 is 0 Å². The smallest absolute Gasteiger partial charge is 0.341 e. The summed E-state index contributed by atoms with van der Waals surface area (Å²) in [6.07, 6.45) is 5.38. The Morgan fingerprint density at radius 1 is 1.25 bits per heavy atom. The molecule has 3 aromatic rings. The molecule has 0 spiro atoms. The van der Waals surface area contributed by atoms with E-state index < -0.39 is 5.97 Å². The lowest BCUT2D eigenvalue weighted by molar-refractivity contribution is -0.113. The van der Waals surface area contributed by atoms with E-state index in [9.17, 15) is 9.59 Å². The highest BCUT2D eigenvalue weighted by Crippen LogP contribution is 2.38. The van der Waals surface area contributed by atoms with Crippen molar-refractivity contribution in [2.45, 2.75) is 50.6 Å². The zero-order valence-electron chi connectivity index (χ0n) is 20.6. The van der Waals surface area contributed by atoms with Crippen LogP contribution in [-0.2, 0) is 35.8 Å². The zero-order chi connectivity index (χ0) is 25.7. The third-order valence-electron chi connectivity index (χ3n) is 6.01. The van der Waals surface area contributed by atoms with Gasteiger partial charge < -0.3 is 19.4 Å². The summed E-state index contributed by atoms with van der Waals surface area (Å²) in [4.78, 5) is 26.3. The van der Waals surface area contributed by atoms with Crippen LogP contribution in [0.5, 0.6) is 5.75 Å². The number of aryl methyl sites for hydroxylation is 3. The maximum absolute atomic E-state index is 12.7. The second-order valence-corrected chi connectivity index (χ2v) is 11.0. The topological polar surface area (TPSA) is 95.3 Å². The van der Waals surface area contributed by atoms with Gasteiger partial charge in [0, 0.05) is 23.4 Å². The normalized spacial score (nSPS) is 12.8. The third kappa shape index (κ3) is 6.22. The fraction of sp³-hybridized carbons (Fsp3) is 0.440. The number of hydrogen-bond acceptors (Lipinski definition) is 8. The predicted octanol–water partition coefficient (Wildman–Crippen LogP) is 5.25. The molecule has 11 heteroatoms. The molecule has 0 bridgehead atoms. The van der Waals surface area contributed by atoms with Crippen LogP contribution < -0.4 is 10.1 Å². The molecule has 192 valence electrons. The fourth-order valence-electron chi connectivity index (χ4n) is 4.14. The van der Waals surface area contributed by atoms with Crippen LogP contribution in [0, 0.1) is 6.92 Å². The van der Waals surface area contributed by atoms with Gasteiger partial charge in [0.1, 0.15) is 16.6 Å². The Hall–Kier alpha value is -2.56. The molecule has 1 aromatic carbocycles. The maximum Gasteiger partial charge on any atom is 0.341 e. The van der Waals surface area contributed by atoms with E-state index in [1.165, 1.54) is 30.2 Å². The van der Waals surface area contributed by atoms with Gasteiger partial charge in [0.15, 0.2) is 5.16 Å². The molecule has 0 fully saturated rings. The Morgan fingerprint density at radius 2 is 2.06 bits per heavy atom. The first-order valence-electron chi connectivity index (χ1n) is 11.8. The summed E-state index contributed by atoms with van der Waals surface area (Å²) < 4.78 is 12.7. The van der Waals surface area contributed by atoms with Crippen LogP contribution in [0.15, 0.2) is 23.4 Å². The van der Waals surface area contributed by atoms with Gasteiger partial charge in [-0.2, -0.15) is 0 Å². The van der Waals surface area contributed by atoms with Crippen molar-refractivity contribution in [2.75, 3.05) is 24.8 Å². The van der Waals surface area contributed by atoms with Crippen LogP contribution in [0.2, 0.25) is 5.02 Å². The van der Waals surface area contributed by atoms with Crippen molar-refractivity contribution in [3.63, 3.8) is 0 Å². The summed E-state index contributed by atoms with van der Waals surface area (Å²) in [6.45, 7) is 2.51. The molecule has 2 heterocycles. The molecule has 2 aromatic heterocycles. The van der Waals surface area contributed by atoms with Crippen LogP contribution in [0.1, 0.15) is 51.4 Å². The summed E-state index contributed by atoms with van der Waals surface area (Å²) in [7, 11) is 3.26. The number of rotatable bonds is 10. The van der Waals surface area contributed by atoms with E-state index in [2.05, 4.69) is 15.5 Å². The highest BCUT2D eigenvalue weighted by atomic mass is 35.5. The molecule has 36 heavy (non-hydrogen) atoms. The van der Waals surface area contributed by atoms with Gasteiger partial charge in [-0.15, -0.1) is 21.5 Å². The van der Waals surface area contributed by atoms with Crippen molar-refractivity contribution in [1.29, 1.82) is 0 Å². The Balaban J connectivity index is 1.29. The number of nitrogens with zero attached hydrogens (tertiary/aromatic N) is 3. The second-order valence-electron chi connectivity index (χ2n) is 8.56. The minimum atomic E-state index is -0.398. The molecule has 4 rings (SSSR count). The first-order chi connectivity index (χ1) is 17.4. The van der Waals surface area contributed by atoms with Crippen molar-refractivity contribution in [1.82, 2.24) is 14.8 Å². The number of methoxy groups -OCH3 is 1. The number of esters is 1. The number of amides is 1. The summed E-state index contributed by atoms with van der Waals surface area (Å²) in [6, 6.07) is 5.57. The largest absolute Gasteiger partial charge is 0.493 e. The highest BCUT2D eigenvalue weighted by Gasteiger charge is 2.27. The highest BCUT2D eigenvalue weighted by molar-refractivity contribution is 7.99. The molecule has 0 radical (unpaired) electrons. The molecule has 0 saturated heterocycles. The van der Waals surface area contributed by atoms with Gasteiger partial charge in [-0.3, -0.25) is 4.79 Å². The molecule has 0 unspecified atom stereocenters. The van der Waals surface area contributed by atoms with Crippen LogP contribution in [0.25, 0.3) is 0 Å². The van der Waals surface area contributed by atoms with Crippen molar-refractivity contribution in [2.24, 2.45) is 7.05 Å². The van der Waals surface area contributed by atoms with E-state index in [-0.39, 0.29) is 11.7 Å². The lowest BCUT2D eigenvalue weighted by Gasteiger charge is -2.11. The number of hydrogen-bond donors (Lipinski definition) is 1. The Labute approximate surface area is 223 Å². The van der Waals surface area contributed by atoms with Gasteiger partial charge in [-0.1, -0.05) is 23.4 Å². The summed E-state index contributed by atoms with van der Waals surface area (Å²) in [5, 5.41) is 13.4. The number of nitrogens with one attached hydrogen (secondary N) is 1. The molecule has 8 nitrogen and oxygen atoms in total. The predicted molar refractivity (Wildman–Crippen MR) is 143 cm³/mol. The minimum absolute atomic E-state index is 0.161. The first-order valence-corrected chi connectivity index (χ1v) is 14.0. The number of carbonyl (C=O) groups excluding carboxylic acids is 2. The Morgan fingerprint density at radius 3 is 2.83 bits per heavy atom. The average Bonchev–Trinajstić information content (AvgIpc) is 3.40. The summed E-state index contributed by atoms with van der Waals surface area (Å²) in [5.41, 5.74) is 2.53. The van der Waals surface area contributed by atoms with Crippen LogP contribution in [0.4, 0.5) is 5.00 Å². The number of anilines is 1. The quantitative estimate of drug-likeness (QED) is 0.210. The summed E-state index contributed by atoms with van der Waals surface area (Å²) in [5.74, 6) is 1.22. The third-order valence-corrected chi connectivity index (χ3v) is 8.47. The van der Waals surface area contributed by atoms with E-state index in [0.717, 1.165) is 59.7 Å². The lowest BCUT2D eigenvalue weighted by Crippen LogP contribution is -2.17. The van der Waals surface area contributed by atoms with Crippen molar-refractivity contribution in [3.8, 4) is 5.75 Å². The van der Waals surface area contributed by atoms with Gasteiger partial charge in [-0.05, 0) is 68.4 Å². The van der Waals surface area contributed by atoms with Gasteiger partial charge in [0.05, 0.1) is 25.0 Å². The zero-order valence-corrected chi connectivity index (χ0v) is 22.9.